The molecule has 4 heteroatoms. The van der Waals surface area contributed by atoms with Gasteiger partial charge in [0, 0.05) is 12.6 Å². The van der Waals surface area contributed by atoms with E-state index >= 15 is 0 Å². The first-order valence-electron chi connectivity index (χ1n) is 6.43. The fourth-order valence-corrected chi connectivity index (χ4v) is 1.98. The minimum atomic E-state index is 0.0974. The Morgan fingerprint density at radius 1 is 1.56 bits per heavy atom. The van der Waals surface area contributed by atoms with Gasteiger partial charge in [-0.1, -0.05) is 12.1 Å². The van der Waals surface area contributed by atoms with Crippen molar-refractivity contribution in [3.63, 3.8) is 0 Å². The molecule has 4 nitrogen and oxygen atoms in total. The number of para-hydroxylation sites is 1. The summed E-state index contributed by atoms with van der Waals surface area (Å²) in [4.78, 5) is 0. The number of nitrogens with one attached hydrogen (secondary N) is 3. The standard InChI is InChI=1S/C14H22N4/c1-10(11(2)15)8-16-9-18-13-5-3-4-12-6-7-17-14(12)13/h3-5,8,11,16-18H,6-7,9,15H2,1-2H3/b10-8-. The van der Waals surface area contributed by atoms with Gasteiger partial charge in [-0.2, -0.15) is 0 Å². The van der Waals surface area contributed by atoms with Crippen LogP contribution in [0.1, 0.15) is 19.4 Å². The lowest BCUT2D eigenvalue weighted by molar-refractivity contribution is 0.826. The van der Waals surface area contributed by atoms with Crippen LogP contribution in [0.15, 0.2) is 30.0 Å². The molecule has 0 saturated heterocycles. The van der Waals surface area contributed by atoms with Crippen molar-refractivity contribution in [3.8, 4) is 0 Å². The zero-order chi connectivity index (χ0) is 13.0. The normalized spacial score (nSPS) is 15.8. The molecule has 0 spiro atoms. The van der Waals surface area contributed by atoms with E-state index in [-0.39, 0.29) is 6.04 Å². The van der Waals surface area contributed by atoms with Crippen LogP contribution in [0.2, 0.25) is 0 Å². The summed E-state index contributed by atoms with van der Waals surface area (Å²) >= 11 is 0. The Hall–Kier alpha value is -1.68. The lowest BCUT2D eigenvalue weighted by Crippen LogP contribution is -2.21. The first kappa shape index (κ1) is 12.8. The Morgan fingerprint density at radius 2 is 2.39 bits per heavy atom. The van der Waals surface area contributed by atoms with E-state index in [2.05, 4.69) is 34.1 Å². The SMILES string of the molecule is C/C(=C/NCNc1cccc2c1NCC2)C(C)N. The van der Waals surface area contributed by atoms with Crippen molar-refractivity contribution < 1.29 is 0 Å². The minimum Gasteiger partial charge on any atom is -0.383 e. The summed E-state index contributed by atoms with van der Waals surface area (Å²) in [5, 5.41) is 10.0. The number of benzene rings is 1. The maximum atomic E-state index is 5.76. The fraction of sp³-hybridized carbons (Fsp3) is 0.429. The third kappa shape index (κ3) is 2.96. The maximum absolute atomic E-state index is 5.76. The van der Waals surface area contributed by atoms with Crippen molar-refractivity contribution in [3.05, 3.63) is 35.5 Å². The Bertz CT molecular complexity index is 437. The van der Waals surface area contributed by atoms with Crippen molar-refractivity contribution in [1.29, 1.82) is 0 Å². The lowest BCUT2D eigenvalue weighted by atomic mass is 10.1. The van der Waals surface area contributed by atoms with Crippen LogP contribution in [-0.2, 0) is 6.42 Å². The lowest BCUT2D eigenvalue weighted by Gasteiger charge is -2.12. The van der Waals surface area contributed by atoms with Crippen molar-refractivity contribution in [2.45, 2.75) is 26.3 Å². The van der Waals surface area contributed by atoms with Crippen LogP contribution in [0.5, 0.6) is 0 Å². The molecular weight excluding hydrogens is 224 g/mol. The largest absolute Gasteiger partial charge is 0.383 e. The number of nitrogens with two attached hydrogens (primary N) is 1. The summed E-state index contributed by atoms with van der Waals surface area (Å²) in [5.74, 6) is 0. The van der Waals surface area contributed by atoms with Gasteiger partial charge in [0.05, 0.1) is 18.0 Å². The van der Waals surface area contributed by atoms with Crippen LogP contribution < -0.4 is 21.7 Å². The topological polar surface area (TPSA) is 62.1 Å². The predicted octanol–water partition coefficient (Wildman–Crippen LogP) is 1.86. The molecule has 1 atom stereocenters. The quantitative estimate of drug-likeness (QED) is 0.473. The molecule has 0 amide bonds. The fourth-order valence-electron chi connectivity index (χ4n) is 1.98. The summed E-state index contributed by atoms with van der Waals surface area (Å²) in [7, 11) is 0. The molecule has 1 aromatic carbocycles. The second-order valence-corrected chi connectivity index (χ2v) is 4.75. The molecule has 1 heterocycles. The van der Waals surface area contributed by atoms with Gasteiger partial charge in [0.1, 0.15) is 0 Å². The molecule has 5 N–H and O–H groups in total. The van der Waals surface area contributed by atoms with Gasteiger partial charge in [-0.15, -0.1) is 0 Å². The Kier molecular flexibility index (Phi) is 4.10. The molecule has 1 aliphatic heterocycles. The van der Waals surface area contributed by atoms with Gasteiger partial charge >= 0.3 is 0 Å². The van der Waals surface area contributed by atoms with Gasteiger partial charge < -0.3 is 21.7 Å². The Balaban J connectivity index is 1.88. The van der Waals surface area contributed by atoms with Crippen molar-refractivity contribution in [1.82, 2.24) is 5.32 Å². The highest BCUT2D eigenvalue weighted by atomic mass is 15.1. The summed E-state index contributed by atoms with van der Waals surface area (Å²) in [6.07, 6.45) is 3.08. The van der Waals surface area contributed by atoms with Gasteiger partial charge in [-0.05, 0) is 43.7 Å². The van der Waals surface area contributed by atoms with E-state index in [4.69, 9.17) is 5.73 Å². The van der Waals surface area contributed by atoms with Gasteiger partial charge in [0.25, 0.3) is 0 Å². The molecule has 0 aliphatic carbocycles. The van der Waals surface area contributed by atoms with E-state index in [0.717, 1.165) is 24.2 Å². The van der Waals surface area contributed by atoms with Crippen LogP contribution in [0.25, 0.3) is 0 Å². The molecule has 0 fully saturated rings. The van der Waals surface area contributed by atoms with E-state index in [9.17, 15) is 0 Å². The van der Waals surface area contributed by atoms with Crippen molar-refractivity contribution >= 4 is 11.4 Å². The molecule has 2 rings (SSSR count). The van der Waals surface area contributed by atoms with Crippen LogP contribution in [0, 0.1) is 0 Å². The second-order valence-electron chi connectivity index (χ2n) is 4.75. The molecule has 1 aliphatic rings. The smallest absolute Gasteiger partial charge is 0.0845 e. The molecule has 18 heavy (non-hydrogen) atoms. The van der Waals surface area contributed by atoms with Gasteiger partial charge in [0.15, 0.2) is 0 Å². The highest BCUT2D eigenvalue weighted by Crippen LogP contribution is 2.30. The summed E-state index contributed by atoms with van der Waals surface area (Å²) in [6, 6.07) is 6.46. The molecular formula is C14H22N4. The molecule has 0 bridgehead atoms. The van der Waals surface area contributed by atoms with E-state index in [1.54, 1.807) is 0 Å². The number of anilines is 2. The van der Waals surface area contributed by atoms with Crippen molar-refractivity contribution in [2.75, 3.05) is 23.8 Å². The third-order valence-corrected chi connectivity index (χ3v) is 3.28. The van der Waals surface area contributed by atoms with E-state index in [1.807, 2.05) is 20.0 Å². The van der Waals surface area contributed by atoms with Crippen LogP contribution in [0.4, 0.5) is 11.4 Å². The van der Waals surface area contributed by atoms with E-state index in [0.29, 0.717) is 6.67 Å². The van der Waals surface area contributed by atoms with Crippen LogP contribution >= 0.6 is 0 Å². The highest BCUT2D eigenvalue weighted by Gasteiger charge is 2.12. The van der Waals surface area contributed by atoms with Gasteiger partial charge in [-0.3, -0.25) is 0 Å². The molecule has 0 saturated carbocycles. The monoisotopic (exact) mass is 246 g/mol. The average Bonchev–Trinajstić information content (AvgIpc) is 2.83. The minimum absolute atomic E-state index is 0.0974. The first-order chi connectivity index (χ1) is 8.68. The van der Waals surface area contributed by atoms with Gasteiger partial charge in [0.2, 0.25) is 0 Å². The molecule has 98 valence electrons. The number of hydrogen-bond donors (Lipinski definition) is 4. The second kappa shape index (κ2) is 5.78. The van der Waals surface area contributed by atoms with Crippen molar-refractivity contribution in [2.24, 2.45) is 5.73 Å². The number of rotatable bonds is 5. The van der Waals surface area contributed by atoms with Crippen LogP contribution in [-0.4, -0.2) is 19.3 Å². The Morgan fingerprint density at radius 3 is 3.17 bits per heavy atom. The summed E-state index contributed by atoms with van der Waals surface area (Å²) in [5.41, 5.74) is 10.7. The molecule has 1 unspecified atom stereocenters. The average molecular weight is 246 g/mol. The predicted molar refractivity (Wildman–Crippen MR) is 77.7 cm³/mol. The summed E-state index contributed by atoms with van der Waals surface area (Å²) in [6.45, 7) is 5.74. The third-order valence-electron chi connectivity index (χ3n) is 3.28. The molecule has 0 radical (unpaired) electrons. The van der Waals surface area contributed by atoms with Crippen LogP contribution in [0.3, 0.4) is 0 Å². The van der Waals surface area contributed by atoms with E-state index < -0.39 is 0 Å². The van der Waals surface area contributed by atoms with Gasteiger partial charge in [-0.25, -0.2) is 0 Å². The zero-order valence-corrected chi connectivity index (χ0v) is 11.1. The zero-order valence-electron chi connectivity index (χ0n) is 11.1. The molecule has 1 aromatic rings. The van der Waals surface area contributed by atoms with E-state index in [1.165, 1.54) is 11.3 Å². The Labute approximate surface area is 109 Å². The maximum Gasteiger partial charge on any atom is 0.0845 e. The first-order valence-corrected chi connectivity index (χ1v) is 6.43. The summed E-state index contributed by atoms with van der Waals surface area (Å²) < 4.78 is 0. The highest BCUT2D eigenvalue weighted by molar-refractivity contribution is 5.74. The number of fused-ring (bicyclic) bond motifs is 1. The number of hydrogen-bond acceptors (Lipinski definition) is 4. The molecule has 0 aromatic heterocycles.